The predicted molar refractivity (Wildman–Crippen MR) is 57.5 cm³/mol. The minimum Gasteiger partial charge on any atom is -0.396 e. The molecule has 0 bridgehead atoms. The maximum atomic E-state index is 11.7. The number of amides is 1. The summed E-state index contributed by atoms with van der Waals surface area (Å²) >= 11 is 0. The van der Waals surface area contributed by atoms with Crippen LogP contribution >= 0.6 is 0 Å². The van der Waals surface area contributed by atoms with Crippen LogP contribution in [0.1, 0.15) is 19.3 Å². The molecule has 2 aliphatic rings. The highest BCUT2D eigenvalue weighted by Gasteiger charge is 2.50. The van der Waals surface area contributed by atoms with Gasteiger partial charge >= 0.3 is 0 Å². The first-order chi connectivity index (χ1) is 7.72. The molecule has 1 atom stereocenters. The van der Waals surface area contributed by atoms with Crippen LogP contribution in [0.3, 0.4) is 0 Å². The first-order valence-electron chi connectivity index (χ1n) is 5.61. The summed E-state index contributed by atoms with van der Waals surface area (Å²) in [4.78, 5) is 16.0. The Labute approximate surface area is 93.9 Å². The van der Waals surface area contributed by atoms with Gasteiger partial charge in [-0.3, -0.25) is 4.79 Å². The largest absolute Gasteiger partial charge is 0.396 e. The molecule has 6 heteroatoms. The molecule has 1 aliphatic carbocycles. The van der Waals surface area contributed by atoms with E-state index in [0.29, 0.717) is 6.54 Å². The molecule has 1 heterocycles. The van der Waals surface area contributed by atoms with Gasteiger partial charge in [0.2, 0.25) is 5.91 Å². The maximum Gasteiger partial charge on any atom is 0.228 e. The van der Waals surface area contributed by atoms with Gasteiger partial charge in [0.05, 0.1) is 0 Å². The lowest BCUT2D eigenvalue weighted by molar-refractivity contribution is -0.129. The van der Waals surface area contributed by atoms with Crippen molar-refractivity contribution in [2.24, 2.45) is 16.4 Å². The van der Waals surface area contributed by atoms with E-state index in [0.717, 1.165) is 19.4 Å². The summed E-state index contributed by atoms with van der Waals surface area (Å²) in [6, 6.07) is 0. The Balaban J connectivity index is 1.99. The molecule has 2 rings (SSSR count). The molecule has 0 radical (unpaired) electrons. The molecular formula is C10H16N4O2. The third-order valence-electron chi connectivity index (χ3n) is 4.00. The van der Waals surface area contributed by atoms with Gasteiger partial charge in [0.1, 0.15) is 6.54 Å². The minimum absolute atomic E-state index is 0.106. The average molecular weight is 224 g/mol. The van der Waals surface area contributed by atoms with Crippen molar-refractivity contribution in [3.8, 4) is 0 Å². The van der Waals surface area contributed by atoms with Crippen LogP contribution in [0.15, 0.2) is 5.11 Å². The fourth-order valence-electron chi connectivity index (χ4n) is 2.86. The van der Waals surface area contributed by atoms with Crippen molar-refractivity contribution in [1.29, 1.82) is 0 Å². The van der Waals surface area contributed by atoms with Crippen LogP contribution in [0.5, 0.6) is 0 Å². The Morgan fingerprint density at radius 3 is 2.81 bits per heavy atom. The first-order valence-corrected chi connectivity index (χ1v) is 5.61. The van der Waals surface area contributed by atoms with E-state index in [2.05, 4.69) is 10.0 Å². The number of rotatable bonds is 3. The Morgan fingerprint density at radius 1 is 1.62 bits per heavy atom. The SMILES string of the molecule is [N-]=[N+]=NCC(=O)N1CC(CO)C2(CCC2)C1. The first kappa shape index (κ1) is 11.2. The van der Waals surface area contributed by atoms with Gasteiger partial charge in [-0.1, -0.05) is 11.5 Å². The van der Waals surface area contributed by atoms with E-state index < -0.39 is 0 Å². The van der Waals surface area contributed by atoms with Gasteiger partial charge in [0.25, 0.3) is 0 Å². The van der Waals surface area contributed by atoms with Crippen LogP contribution in [0.25, 0.3) is 10.4 Å². The van der Waals surface area contributed by atoms with Crippen molar-refractivity contribution in [3.05, 3.63) is 10.4 Å². The summed E-state index contributed by atoms with van der Waals surface area (Å²) in [5.74, 6) is 0.0799. The van der Waals surface area contributed by atoms with Crippen molar-refractivity contribution in [2.45, 2.75) is 19.3 Å². The lowest BCUT2D eigenvalue weighted by Gasteiger charge is -2.42. The molecule has 0 aromatic carbocycles. The van der Waals surface area contributed by atoms with Crippen LogP contribution < -0.4 is 0 Å². The van der Waals surface area contributed by atoms with Gasteiger partial charge in [0.15, 0.2) is 0 Å². The molecule has 1 spiro atoms. The van der Waals surface area contributed by atoms with Gasteiger partial charge in [-0.05, 0) is 23.8 Å². The monoisotopic (exact) mass is 224 g/mol. The third kappa shape index (κ3) is 1.74. The van der Waals surface area contributed by atoms with Crippen molar-refractivity contribution < 1.29 is 9.90 Å². The zero-order valence-electron chi connectivity index (χ0n) is 9.17. The highest BCUT2D eigenvalue weighted by Crippen LogP contribution is 2.51. The summed E-state index contributed by atoms with van der Waals surface area (Å²) < 4.78 is 0. The molecule has 1 saturated heterocycles. The van der Waals surface area contributed by atoms with Gasteiger partial charge in [-0.15, -0.1) is 0 Å². The van der Waals surface area contributed by atoms with Gasteiger partial charge < -0.3 is 10.0 Å². The lowest BCUT2D eigenvalue weighted by atomic mass is 9.63. The number of hydrogen-bond acceptors (Lipinski definition) is 3. The number of azide groups is 1. The Morgan fingerprint density at radius 2 is 2.38 bits per heavy atom. The molecule has 1 amide bonds. The van der Waals surface area contributed by atoms with E-state index in [-0.39, 0.29) is 30.4 Å². The normalized spacial score (nSPS) is 26.3. The fraction of sp³-hybridized carbons (Fsp3) is 0.900. The number of aliphatic hydroxyl groups is 1. The van der Waals surface area contributed by atoms with Crippen molar-refractivity contribution in [1.82, 2.24) is 4.90 Å². The quantitative estimate of drug-likeness (QED) is 0.438. The smallest absolute Gasteiger partial charge is 0.228 e. The van der Waals surface area contributed by atoms with E-state index in [1.165, 1.54) is 6.42 Å². The average Bonchev–Trinajstić information content (AvgIpc) is 2.65. The fourth-order valence-corrected chi connectivity index (χ4v) is 2.86. The molecule has 0 aromatic rings. The van der Waals surface area contributed by atoms with Crippen molar-refractivity contribution in [2.75, 3.05) is 26.2 Å². The van der Waals surface area contributed by atoms with Gasteiger partial charge in [-0.2, -0.15) is 0 Å². The molecular weight excluding hydrogens is 208 g/mol. The molecule has 1 aliphatic heterocycles. The highest BCUT2D eigenvalue weighted by atomic mass is 16.3. The number of carbonyl (C=O) groups is 1. The zero-order chi connectivity index (χ0) is 11.6. The summed E-state index contributed by atoms with van der Waals surface area (Å²) in [6.45, 7) is 1.37. The number of hydrogen-bond donors (Lipinski definition) is 1. The zero-order valence-corrected chi connectivity index (χ0v) is 9.17. The molecule has 1 unspecified atom stereocenters. The Kier molecular flexibility index (Phi) is 3.03. The van der Waals surface area contributed by atoms with Gasteiger partial charge in [-0.25, -0.2) is 0 Å². The van der Waals surface area contributed by atoms with E-state index >= 15 is 0 Å². The van der Waals surface area contributed by atoms with E-state index in [1.54, 1.807) is 4.90 Å². The minimum atomic E-state index is -0.125. The topological polar surface area (TPSA) is 89.3 Å². The van der Waals surface area contributed by atoms with E-state index in [4.69, 9.17) is 5.53 Å². The Bertz CT molecular complexity index is 334. The molecule has 1 N–H and O–H groups in total. The number of likely N-dealkylation sites (tertiary alicyclic amines) is 1. The molecule has 6 nitrogen and oxygen atoms in total. The van der Waals surface area contributed by atoms with Crippen LogP contribution in [0, 0.1) is 11.3 Å². The highest BCUT2D eigenvalue weighted by molar-refractivity contribution is 5.78. The predicted octanol–water partition coefficient (Wildman–Crippen LogP) is 0.918. The molecule has 0 aromatic heterocycles. The summed E-state index contributed by atoms with van der Waals surface area (Å²) in [5, 5.41) is 12.6. The standard InChI is InChI=1S/C10H16N4O2/c11-13-12-4-9(16)14-5-8(6-15)10(7-14)2-1-3-10/h8,15H,1-7H2. The Hall–Kier alpha value is -1.26. The number of aliphatic hydroxyl groups excluding tert-OH is 1. The maximum absolute atomic E-state index is 11.7. The van der Waals surface area contributed by atoms with E-state index in [1.807, 2.05) is 0 Å². The van der Waals surface area contributed by atoms with Crippen molar-refractivity contribution in [3.63, 3.8) is 0 Å². The lowest BCUT2D eigenvalue weighted by Crippen LogP contribution is -2.39. The van der Waals surface area contributed by atoms with Crippen molar-refractivity contribution >= 4 is 5.91 Å². The summed E-state index contributed by atoms with van der Waals surface area (Å²) in [7, 11) is 0. The second kappa shape index (κ2) is 4.31. The van der Waals surface area contributed by atoms with E-state index in [9.17, 15) is 9.90 Å². The molecule has 88 valence electrons. The van der Waals surface area contributed by atoms with Crippen LogP contribution in [-0.2, 0) is 4.79 Å². The van der Waals surface area contributed by atoms with Crippen LogP contribution in [-0.4, -0.2) is 42.2 Å². The molecule has 2 fully saturated rings. The van der Waals surface area contributed by atoms with Crippen LogP contribution in [0.2, 0.25) is 0 Å². The second-order valence-corrected chi connectivity index (χ2v) is 4.76. The summed E-state index contributed by atoms with van der Waals surface area (Å²) in [6.07, 6.45) is 3.39. The molecule has 16 heavy (non-hydrogen) atoms. The van der Waals surface area contributed by atoms with Gasteiger partial charge in [0, 0.05) is 30.5 Å². The third-order valence-corrected chi connectivity index (χ3v) is 4.00. The summed E-state index contributed by atoms with van der Waals surface area (Å²) in [5.41, 5.74) is 8.32. The number of nitrogens with zero attached hydrogens (tertiary/aromatic N) is 4. The second-order valence-electron chi connectivity index (χ2n) is 4.76. The molecule has 1 saturated carbocycles. The van der Waals surface area contributed by atoms with Crippen LogP contribution in [0.4, 0.5) is 0 Å². The number of carbonyl (C=O) groups excluding carboxylic acids is 1.